The van der Waals surface area contributed by atoms with E-state index >= 15 is 0 Å². The molecule has 5 aromatic heterocycles. The molecule has 7 rings (SSSR count). The van der Waals surface area contributed by atoms with Crippen molar-refractivity contribution in [3.8, 4) is 16.9 Å². The number of nitrogen functional groups attached to an aromatic ring is 1. The van der Waals surface area contributed by atoms with Gasteiger partial charge in [-0.1, -0.05) is 6.07 Å². The first kappa shape index (κ1) is 24.8. The molecule has 0 aromatic carbocycles. The van der Waals surface area contributed by atoms with Gasteiger partial charge >= 0.3 is 0 Å². The number of Topliss-reactive ketones (excluding diaryl/α,β-unsaturated/α-hetero) is 1. The van der Waals surface area contributed by atoms with Gasteiger partial charge in [0, 0.05) is 47.6 Å². The van der Waals surface area contributed by atoms with Crippen molar-refractivity contribution in [1.29, 1.82) is 0 Å². The average molecular weight is 551 g/mol. The minimum absolute atomic E-state index is 0.00192. The summed E-state index contributed by atoms with van der Waals surface area (Å²) in [7, 11) is 0. The van der Waals surface area contributed by atoms with Gasteiger partial charge < -0.3 is 15.6 Å². The van der Waals surface area contributed by atoms with Gasteiger partial charge in [-0.15, -0.1) is 10.2 Å². The summed E-state index contributed by atoms with van der Waals surface area (Å²) < 4.78 is 2.95. The Morgan fingerprint density at radius 1 is 1.07 bits per heavy atom. The van der Waals surface area contributed by atoms with Crippen LogP contribution in [0.1, 0.15) is 65.2 Å². The van der Waals surface area contributed by atoms with Crippen LogP contribution in [-0.2, 0) is 0 Å². The Labute approximate surface area is 233 Å². The van der Waals surface area contributed by atoms with E-state index in [2.05, 4.69) is 25.3 Å². The SMILES string of the molecule is CC(=O)c1c(C2C[C@H]3CC[C@@H](C2)N3C(=O)c2nnc[nH]2)nc2c(-c3ccc(-n4ccccc4=O)nc3)cnn2c1N. The standard InChI is InChI=1S/C28H26N10O3/c1-15(39)23-24(17-10-18-6-7-19(11-17)37(18)28(41)26-31-14-32-35-26)34-27-20(13-33-38(27)25(23)29)16-5-8-21(30-12-16)36-9-3-2-4-22(36)40/h2-5,8-9,12-14,17-19H,6-7,10-11,29H2,1H3,(H,31,32,35)/t17?,18-,19+. The lowest BCUT2D eigenvalue weighted by Gasteiger charge is -2.38. The number of nitrogens with one attached hydrogen (secondary N) is 1. The number of rotatable bonds is 5. The maximum atomic E-state index is 13.1. The number of aromatic amines is 1. The molecule has 1 unspecified atom stereocenters. The van der Waals surface area contributed by atoms with E-state index in [1.807, 2.05) is 11.0 Å². The lowest BCUT2D eigenvalue weighted by Crippen LogP contribution is -2.46. The van der Waals surface area contributed by atoms with Crippen molar-refractivity contribution in [2.75, 3.05) is 5.73 Å². The van der Waals surface area contributed by atoms with Crippen LogP contribution in [0.25, 0.3) is 22.6 Å². The van der Waals surface area contributed by atoms with Crippen molar-refractivity contribution in [2.45, 2.75) is 50.6 Å². The van der Waals surface area contributed by atoms with Gasteiger partial charge in [0.1, 0.15) is 18.0 Å². The Kier molecular flexibility index (Phi) is 5.73. The molecule has 7 heterocycles. The molecule has 1 amide bonds. The van der Waals surface area contributed by atoms with Crippen LogP contribution in [0, 0.1) is 0 Å². The quantitative estimate of drug-likeness (QED) is 0.312. The fourth-order valence-electron chi connectivity index (χ4n) is 6.36. The van der Waals surface area contributed by atoms with Crippen molar-refractivity contribution < 1.29 is 9.59 Å². The lowest BCUT2D eigenvalue weighted by molar-refractivity contribution is 0.0556. The molecule has 0 radical (unpaired) electrons. The van der Waals surface area contributed by atoms with Gasteiger partial charge in [0.05, 0.1) is 17.5 Å². The van der Waals surface area contributed by atoms with E-state index in [1.165, 1.54) is 28.4 Å². The van der Waals surface area contributed by atoms with Crippen LogP contribution in [0.2, 0.25) is 0 Å². The summed E-state index contributed by atoms with van der Waals surface area (Å²) in [6, 6.07) is 8.53. The van der Waals surface area contributed by atoms with Gasteiger partial charge in [-0.05, 0) is 50.8 Å². The summed E-state index contributed by atoms with van der Waals surface area (Å²) in [5.74, 6) is 0.548. The van der Waals surface area contributed by atoms with Crippen LogP contribution < -0.4 is 11.3 Å². The second-order valence-corrected chi connectivity index (χ2v) is 10.5. The average Bonchev–Trinajstić information content (AvgIpc) is 3.71. The Morgan fingerprint density at radius 2 is 1.88 bits per heavy atom. The second kappa shape index (κ2) is 9.47. The number of pyridine rings is 2. The molecule has 2 fully saturated rings. The van der Waals surface area contributed by atoms with E-state index in [0.29, 0.717) is 41.1 Å². The summed E-state index contributed by atoms with van der Waals surface area (Å²) in [4.78, 5) is 52.4. The molecule has 0 spiro atoms. The van der Waals surface area contributed by atoms with Crippen LogP contribution in [-0.4, -0.2) is 68.0 Å². The first-order chi connectivity index (χ1) is 19.9. The topological polar surface area (TPSA) is 170 Å². The number of carbonyl (C=O) groups excluding carboxylic acids is 2. The van der Waals surface area contributed by atoms with E-state index < -0.39 is 0 Å². The highest BCUT2D eigenvalue weighted by Gasteiger charge is 2.45. The summed E-state index contributed by atoms with van der Waals surface area (Å²) in [5.41, 5.74) is 9.34. The normalized spacial score (nSPS) is 20.0. The number of fused-ring (bicyclic) bond motifs is 3. The smallest absolute Gasteiger partial charge is 0.292 e. The molecule has 2 saturated heterocycles. The van der Waals surface area contributed by atoms with Crippen molar-refractivity contribution in [2.24, 2.45) is 0 Å². The number of nitrogens with two attached hydrogens (primary N) is 1. The third kappa shape index (κ3) is 4.00. The zero-order valence-corrected chi connectivity index (χ0v) is 22.1. The maximum Gasteiger partial charge on any atom is 0.292 e. The Hall–Kier alpha value is -5.20. The molecule has 3 N–H and O–H groups in total. The number of carbonyl (C=O) groups is 2. The zero-order chi connectivity index (χ0) is 28.2. The Bertz CT molecular complexity index is 1840. The molecular weight excluding hydrogens is 524 g/mol. The molecule has 206 valence electrons. The van der Waals surface area contributed by atoms with Crippen molar-refractivity contribution >= 4 is 23.2 Å². The van der Waals surface area contributed by atoms with Crippen LogP contribution in [0.3, 0.4) is 0 Å². The molecular formula is C28H26N10O3. The first-order valence-corrected chi connectivity index (χ1v) is 13.4. The predicted octanol–water partition coefficient (Wildman–Crippen LogP) is 2.40. The third-order valence-electron chi connectivity index (χ3n) is 8.16. The number of aromatic nitrogens is 8. The van der Waals surface area contributed by atoms with Gasteiger partial charge in [-0.3, -0.25) is 19.0 Å². The number of amides is 1. The monoisotopic (exact) mass is 550 g/mol. The third-order valence-corrected chi connectivity index (χ3v) is 8.16. The molecule has 3 atom stereocenters. The van der Waals surface area contributed by atoms with Crippen molar-refractivity contribution in [3.63, 3.8) is 0 Å². The van der Waals surface area contributed by atoms with E-state index in [1.54, 1.807) is 36.8 Å². The number of nitrogens with zero attached hydrogens (tertiary/aromatic N) is 8. The minimum Gasteiger partial charge on any atom is -0.383 e. The Morgan fingerprint density at radius 3 is 2.54 bits per heavy atom. The molecule has 5 aromatic rings. The van der Waals surface area contributed by atoms with Gasteiger partial charge in [0.15, 0.2) is 11.4 Å². The number of piperidine rings is 1. The fourth-order valence-corrected chi connectivity index (χ4v) is 6.36. The maximum absolute atomic E-state index is 13.1. The largest absolute Gasteiger partial charge is 0.383 e. The highest BCUT2D eigenvalue weighted by atomic mass is 16.2. The van der Waals surface area contributed by atoms with Crippen molar-refractivity contribution in [1.82, 2.24) is 44.2 Å². The predicted molar refractivity (Wildman–Crippen MR) is 148 cm³/mol. The molecule has 2 aliphatic heterocycles. The number of H-pyrrole nitrogens is 1. The van der Waals surface area contributed by atoms with Crippen LogP contribution in [0.15, 0.2) is 60.0 Å². The van der Waals surface area contributed by atoms with Gasteiger partial charge in [0.25, 0.3) is 11.5 Å². The highest BCUT2D eigenvalue weighted by Crippen LogP contribution is 2.45. The van der Waals surface area contributed by atoms with Crippen LogP contribution in [0.4, 0.5) is 5.82 Å². The number of ketones is 1. The van der Waals surface area contributed by atoms with E-state index in [9.17, 15) is 14.4 Å². The molecule has 13 nitrogen and oxygen atoms in total. The number of hydrogen-bond donors (Lipinski definition) is 2. The first-order valence-electron chi connectivity index (χ1n) is 13.4. The Balaban J connectivity index is 1.26. The summed E-state index contributed by atoms with van der Waals surface area (Å²) in [5, 5.41) is 12.1. The summed E-state index contributed by atoms with van der Waals surface area (Å²) in [6.45, 7) is 1.48. The molecule has 2 bridgehead atoms. The van der Waals surface area contributed by atoms with Crippen LogP contribution >= 0.6 is 0 Å². The molecule has 0 saturated carbocycles. The van der Waals surface area contributed by atoms with Gasteiger partial charge in [-0.2, -0.15) is 9.61 Å². The highest BCUT2D eigenvalue weighted by molar-refractivity contribution is 6.00. The lowest BCUT2D eigenvalue weighted by atomic mass is 9.85. The summed E-state index contributed by atoms with van der Waals surface area (Å²) >= 11 is 0. The van der Waals surface area contributed by atoms with Gasteiger partial charge in [-0.25, -0.2) is 9.97 Å². The number of hydrogen-bond acceptors (Lipinski definition) is 9. The van der Waals surface area contributed by atoms with E-state index in [4.69, 9.17) is 10.7 Å². The zero-order valence-electron chi connectivity index (χ0n) is 22.1. The van der Waals surface area contributed by atoms with Gasteiger partial charge in [0.2, 0.25) is 5.82 Å². The molecule has 0 aliphatic carbocycles. The van der Waals surface area contributed by atoms with Crippen LogP contribution in [0.5, 0.6) is 0 Å². The molecule has 41 heavy (non-hydrogen) atoms. The number of anilines is 1. The summed E-state index contributed by atoms with van der Waals surface area (Å²) in [6.07, 6.45) is 9.43. The molecule has 2 aliphatic rings. The van der Waals surface area contributed by atoms with E-state index in [-0.39, 0.29) is 46.9 Å². The second-order valence-electron chi connectivity index (χ2n) is 10.5. The fraction of sp³-hybridized carbons (Fsp3) is 0.286. The minimum atomic E-state index is -0.184. The van der Waals surface area contributed by atoms with E-state index in [0.717, 1.165) is 18.4 Å². The molecule has 13 heteroatoms. The van der Waals surface area contributed by atoms with Crippen molar-refractivity contribution in [3.05, 3.63) is 82.7 Å².